The lowest BCUT2D eigenvalue weighted by molar-refractivity contribution is -0.139. The number of carbonyl (C=O) groups is 2. The molecule has 1 aromatic heterocycles. The second-order valence-corrected chi connectivity index (χ2v) is 7.79. The summed E-state index contributed by atoms with van der Waals surface area (Å²) in [6.45, 7) is 0.172. The van der Waals surface area contributed by atoms with E-state index >= 15 is 0 Å². The molecule has 3 heterocycles. The van der Waals surface area contributed by atoms with E-state index in [1.54, 1.807) is 6.07 Å². The number of carboxylic acid groups (broad SMARTS) is 1. The SMILES string of the molecule is Cn1c2c(c3cc(C(=O)CCl)ccc31)CC(C(=O)O)NC2c1ccc2c(c1)OCO2. The van der Waals surface area contributed by atoms with Crippen LogP contribution in [0.2, 0.25) is 0 Å². The van der Waals surface area contributed by atoms with Crippen molar-refractivity contribution >= 4 is 34.3 Å². The second kappa shape index (κ2) is 7.04. The van der Waals surface area contributed by atoms with Crippen molar-refractivity contribution in [2.45, 2.75) is 18.5 Å². The van der Waals surface area contributed by atoms with Crippen LogP contribution in [0.1, 0.15) is 33.2 Å². The van der Waals surface area contributed by atoms with Gasteiger partial charge < -0.3 is 19.1 Å². The number of benzene rings is 2. The average Bonchev–Trinajstić information content (AvgIpc) is 3.34. The molecule has 0 saturated carbocycles. The fraction of sp³-hybridized carbons (Fsp3) is 0.273. The molecule has 2 aliphatic rings. The Balaban J connectivity index is 1.71. The maximum absolute atomic E-state index is 12.1. The van der Waals surface area contributed by atoms with Crippen LogP contribution in [0.15, 0.2) is 36.4 Å². The van der Waals surface area contributed by atoms with Gasteiger partial charge >= 0.3 is 5.97 Å². The molecule has 8 heteroatoms. The Morgan fingerprint density at radius 2 is 2.00 bits per heavy atom. The van der Waals surface area contributed by atoms with Crippen LogP contribution in [0, 0.1) is 0 Å². The highest BCUT2D eigenvalue weighted by Crippen LogP contribution is 2.41. The van der Waals surface area contributed by atoms with E-state index in [4.69, 9.17) is 21.1 Å². The summed E-state index contributed by atoms with van der Waals surface area (Å²) in [5, 5.41) is 13.9. The molecule has 2 N–H and O–H groups in total. The van der Waals surface area contributed by atoms with E-state index < -0.39 is 12.0 Å². The van der Waals surface area contributed by atoms with Gasteiger partial charge in [0, 0.05) is 35.6 Å². The van der Waals surface area contributed by atoms with E-state index in [9.17, 15) is 14.7 Å². The first kappa shape index (κ1) is 19.0. The van der Waals surface area contributed by atoms with E-state index in [0.29, 0.717) is 23.5 Å². The van der Waals surface area contributed by atoms with Gasteiger partial charge in [-0.15, -0.1) is 11.6 Å². The van der Waals surface area contributed by atoms with Gasteiger partial charge in [0.05, 0.1) is 11.9 Å². The number of nitrogens with one attached hydrogen (secondary N) is 1. The summed E-state index contributed by atoms with van der Waals surface area (Å²) >= 11 is 5.74. The Morgan fingerprint density at radius 1 is 1.20 bits per heavy atom. The molecule has 30 heavy (non-hydrogen) atoms. The second-order valence-electron chi connectivity index (χ2n) is 7.52. The van der Waals surface area contributed by atoms with Crippen LogP contribution < -0.4 is 14.8 Å². The lowest BCUT2D eigenvalue weighted by Crippen LogP contribution is -2.45. The van der Waals surface area contributed by atoms with Crippen molar-refractivity contribution in [3.63, 3.8) is 0 Å². The minimum atomic E-state index is -0.920. The van der Waals surface area contributed by atoms with E-state index in [1.165, 1.54) is 0 Å². The van der Waals surface area contributed by atoms with Gasteiger partial charge in [0.2, 0.25) is 6.79 Å². The van der Waals surface area contributed by atoms with Gasteiger partial charge in [0.1, 0.15) is 6.04 Å². The van der Waals surface area contributed by atoms with Crippen molar-refractivity contribution in [3.8, 4) is 11.5 Å². The van der Waals surface area contributed by atoms with Crippen LogP contribution in [0.3, 0.4) is 0 Å². The Hall–Kier alpha value is -3.03. The number of ether oxygens (including phenoxy) is 2. The van der Waals surface area contributed by atoms with E-state index in [-0.39, 0.29) is 24.5 Å². The molecule has 0 fully saturated rings. The fourth-order valence-corrected chi connectivity index (χ4v) is 4.58. The summed E-state index contributed by atoms with van der Waals surface area (Å²) in [6.07, 6.45) is 0.321. The van der Waals surface area contributed by atoms with Crippen molar-refractivity contribution in [2.75, 3.05) is 12.7 Å². The predicted molar refractivity (Wildman–Crippen MR) is 111 cm³/mol. The number of rotatable bonds is 4. The molecule has 2 unspecified atom stereocenters. The number of aliphatic carboxylic acids is 1. The number of carboxylic acids is 1. The lowest BCUT2D eigenvalue weighted by Gasteiger charge is -2.31. The standard InChI is InChI=1S/C22H19ClN2O5/c1-25-16-4-2-11(17(26)9-23)6-13(16)14-8-15(22(27)28)24-20(21(14)25)12-3-5-18-19(7-12)30-10-29-18/h2-7,15,20,24H,8-10H2,1H3,(H,27,28). The summed E-state index contributed by atoms with van der Waals surface area (Å²) in [4.78, 5) is 24.0. The average molecular weight is 427 g/mol. The Bertz CT molecular complexity index is 1200. The predicted octanol–water partition coefficient (Wildman–Crippen LogP) is 3.02. The van der Waals surface area contributed by atoms with Gasteiger partial charge in [0.25, 0.3) is 0 Å². The molecular weight excluding hydrogens is 408 g/mol. The number of aromatic nitrogens is 1. The van der Waals surface area contributed by atoms with E-state index in [1.807, 2.05) is 37.4 Å². The molecule has 2 aliphatic heterocycles. The zero-order valence-electron chi connectivity index (χ0n) is 16.1. The Kier molecular flexibility index (Phi) is 4.45. The molecule has 0 spiro atoms. The summed E-state index contributed by atoms with van der Waals surface area (Å²) in [5.74, 6) is 0.135. The van der Waals surface area contributed by atoms with Crippen molar-refractivity contribution in [1.82, 2.24) is 9.88 Å². The normalized spacial score (nSPS) is 19.7. The number of aryl methyl sites for hydroxylation is 1. The van der Waals surface area contributed by atoms with Gasteiger partial charge in [-0.2, -0.15) is 0 Å². The molecule has 2 atom stereocenters. The number of Topliss-reactive ketones (excluding diaryl/α,β-unsaturated/α-hetero) is 1. The highest BCUT2D eigenvalue weighted by molar-refractivity contribution is 6.30. The van der Waals surface area contributed by atoms with E-state index in [0.717, 1.165) is 27.7 Å². The topological polar surface area (TPSA) is 89.8 Å². The monoisotopic (exact) mass is 426 g/mol. The number of hydrogen-bond donors (Lipinski definition) is 2. The molecule has 0 bridgehead atoms. The Labute approximate surface area is 177 Å². The first-order chi connectivity index (χ1) is 14.5. The number of carbonyl (C=O) groups excluding carboxylic acids is 1. The minimum absolute atomic E-state index is 0.0976. The zero-order valence-corrected chi connectivity index (χ0v) is 16.9. The minimum Gasteiger partial charge on any atom is -0.480 e. The highest BCUT2D eigenvalue weighted by atomic mass is 35.5. The van der Waals surface area contributed by atoms with Crippen molar-refractivity contribution < 1.29 is 24.2 Å². The molecule has 0 aliphatic carbocycles. The maximum atomic E-state index is 12.1. The van der Waals surface area contributed by atoms with Gasteiger partial charge in [0.15, 0.2) is 17.3 Å². The first-order valence-corrected chi connectivity index (χ1v) is 10.1. The van der Waals surface area contributed by atoms with Crippen molar-refractivity contribution in [2.24, 2.45) is 7.05 Å². The number of fused-ring (bicyclic) bond motifs is 4. The third-order valence-corrected chi connectivity index (χ3v) is 6.12. The summed E-state index contributed by atoms with van der Waals surface area (Å²) < 4.78 is 13.0. The number of alkyl halides is 1. The number of ketones is 1. The van der Waals surface area contributed by atoms with Crippen LogP contribution in [-0.2, 0) is 18.3 Å². The molecule has 0 saturated heterocycles. The maximum Gasteiger partial charge on any atom is 0.321 e. The number of nitrogens with zero attached hydrogens (tertiary/aromatic N) is 1. The summed E-state index contributed by atoms with van der Waals surface area (Å²) in [6, 6.07) is 9.99. The largest absolute Gasteiger partial charge is 0.480 e. The molecule has 154 valence electrons. The van der Waals surface area contributed by atoms with Gasteiger partial charge in [-0.25, -0.2) is 0 Å². The summed E-state index contributed by atoms with van der Waals surface area (Å²) in [5.41, 5.74) is 4.23. The van der Waals surface area contributed by atoms with Gasteiger partial charge in [-0.1, -0.05) is 6.07 Å². The molecule has 0 amide bonds. The first-order valence-electron chi connectivity index (χ1n) is 9.56. The molecular formula is C22H19ClN2O5. The number of halogens is 1. The van der Waals surface area contributed by atoms with E-state index in [2.05, 4.69) is 9.88 Å². The van der Waals surface area contributed by atoms with Crippen LogP contribution >= 0.6 is 11.6 Å². The third kappa shape index (κ3) is 2.85. The lowest BCUT2D eigenvalue weighted by atomic mass is 9.89. The van der Waals surface area contributed by atoms with Crippen LogP contribution in [0.5, 0.6) is 11.5 Å². The fourth-order valence-electron chi connectivity index (χ4n) is 4.42. The van der Waals surface area contributed by atoms with Crippen LogP contribution in [0.4, 0.5) is 0 Å². The van der Waals surface area contributed by atoms with Crippen LogP contribution in [-0.4, -0.2) is 40.1 Å². The highest BCUT2D eigenvalue weighted by Gasteiger charge is 2.36. The van der Waals surface area contributed by atoms with Crippen molar-refractivity contribution in [1.29, 1.82) is 0 Å². The third-order valence-electron chi connectivity index (χ3n) is 5.87. The van der Waals surface area contributed by atoms with Gasteiger partial charge in [-0.3, -0.25) is 14.9 Å². The van der Waals surface area contributed by atoms with Crippen molar-refractivity contribution in [3.05, 3.63) is 58.8 Å². The van der Waals surface area contributed by atoms with Crippen LogP contribution in [0.25, 0.3) is 10.9 Å². The quantitative estimate of drug-likeness (QED) is 0.492. The smallest absolute Gasteiger partial charge is 0.321 e. The molecule has 5 rings (SSSR count). The number of hydrogen-bond acceptors (Lipinski definition) is 5. The molecule has 7 nitrogen and oxygen atoms in total. The molecule has 3 aromatic rings. The molecule has 0 radical (unpaired) electrons. The van der Waals surface area contributed by atoms with Gasteiger partial charge in [-0.05, 0) is 41.5 Å². The zero-order chi connectivity index (χ0) is 21.0. The summed E-state index contributed by atoms with van der Waals surface area (Å²) in [7, 11) is 1.95. The Morgan fingerprint density at radius 3 is 2.77 bits per heavy atom. The molecule has 2 aromatic carbocycles.